The second kappa shape index (κ2) is 7.06. The zero-order chi connectivity index (χ0) is 16.2. The van der Waals surface area contributed by atoms with Gasteiger partial charge in [0.05, 0.1) is 11.4 Å². The van der Waals surface area contributed by atoms with E-state index in [-0.39, 0.29) is 0 Å². The molecule has 0 radical (unpaired) electrons. The number of furan rings is 1. The molecule has 0 bridgehead atoms. The van der Waals surface area contributed by atoms with Gasteiger partial charge in [0.1, 0.15) is 5.76 Å². The lowest BCUT2D eigenvalue weighted by Gasteiger charge is -2.25. The van der Waals surface area contributed by atoms with Crippen LogP contribution >= 0.6 is 11.3 Å². The molecule has 0 amide bonds. The van der Waals surface area contributed by atoms with Crippen molar-refractivity contribution in [2.45, 2.75) is 39.9 Å². The molecule has 0 saturated heterocycles. The van der Waals surface area contributed by atoms with E-state index < -0.39 is 0 Å². The molecule has 23 heavy (non-hydrogen) atoms. The van der Waals surface area contributed by atoms with Gasteiger partial charge in [-0.2, -0.15) is 0 Å². The summed E-state index contributed by atoms with van der Waals surface area (Å²) < 4.78 is 5.66. The minimum absolute atomic E-state index is 0.424. The summed E-state index contributed by atoms with van der Waals surface area (Å²) in [6, 6.07) is 10.4. The van der Waals surface area contributed by atoms with E-state index in [1.165, 1.54) is 0 Å². The fourth-order valence-electron chi connectivity index (χ4n) is 2.37. The van der Waals surface area contributed by atoms with E-state index in [9.17, 15) is 0 Å². The molecule has 0 saturated carbocycles. The zero-order valence-corrected chi connectivity index (χ0v) is 14.5. The summed E-state index contributed by atoms with van der Waals surface area (Å²) in [5.74, 6) is 1.76. The Morgan fingerprint density at radius 3 is 2.61 bits per heavy atom. The average molecular weight is 327 g/mol. The van der Waals surface area contributed by atoms with Crippen molar-refractivity contribution < 1.29 is 4.42 Å². The fraction of sp³-hybridized carbons (Fsp3) is 0.333. The summed E-state index contributed by atoms with van der Waals surface area (Å²) in [6.07, 6.45) is 1.84. The normalized spacial score (nSPS) is 11.5. The van der Waals surface area contributed by atoms with E-state index in [0.717, 1.165) is 41.0 Å². The van der Waals surface area contributed by atoms with E-state index in [4.69, 9.17) is 9.40 Å². The Hall–Kier alpha value is -1.98. The molecule has 3 heterocycles. The third-order valence-electron chi connectivity index (χ3n) is 3.69. The first kappa shape index (κ1) is 15.9. The maximum absolute atomic E-state index is 5.66. The van der Waals surface area contributed by atoms with Crippen LogP contribution in [0.1, 0.15) is 31.0 Å². The Morgan fingerprint density at radius 2 is 1.96 bits per heavy atom. The van der Waals surface area contributed by atoms with Crippen LogP contribution in [-0.2, 0) is 13.1 Å². The van der Waals surface area contributed by atoms with Crippen molar-refractivity contribution in [3.05, 3.63) is 59.1 Å². The highest BCUT2D eigenvalue weighted by Crippen LogP contribution is 2.26. The molecule has 3 aromatic heterocycles. The Balaban J connectivity index is 1.72. The molecule has 120 valence electrons. The van der Waals surface area contributed by atoms with Crippen molar-refractivity contribution in [2.24, 2.45) is 0 Å². The Labute approximate surface area is 140 Å². The summed E-state index contributed by atoms with van der Waals surface area (Å²) >= 11 is 1.63. The van der Waals surface area contributed by atoms with Gasteiger partial charge >= 0.3 is 0 Å². The first-order chi connectivity index (χ1) is 11.1. The first-order valence-electron chi connectivity index (χ1n) is 7.77. The summed E-state index contributed by atoms with van der Waals surface area (Å²) in [5.41, 5.74) is 2.15. The number of aryl methyl sites for hydroxylation is 1. The second-order valence-electron chi connectivity index (χ2n) is 5.87. The van der Waals surface area contributed by atoms with Crippen LogP contribution in [0.15, 0.2) is 46.3 Å². The Kier molecular flexibility index (Phi) is 4.88. The maximum atomic E-state index is 5.66. The number of hydrogen-bond donors (Lipinski definition) is 0. The molecule has 3 aromatic rings. The van der Waals surface area contributed by atoms with Gasteiger partial charge in [0.2, 0.25) is 0 Å². The van der Waals surface area contributed by atoms with Crippen molar-refractivity contribution in [1.29, 1.82) is 0 Å². The van der Waals surface area contributed by atoms with Gasteiger partial charge in [-0.05, 0) is 45.0 Å². The van der Waals surface area contributed by atoms with Gasteiger partial charge in [-0.15, -0.1) is 11.3 Å². The standard InChI is InChI=1S/C18H21N3OS/c1-13(2)21(10-15-6-4-5-9-19-15)11-16-12-23-18(20-16)17-8-7-14(3)22-17/h4-9,12-13H,10-11H2,1-3H3. The molecule has 4 nitrogen and oxygen atoms in total. The monoisotopic (exact) mass is 327 g/mol. The van der Waals surface area contributed by atoms with Gasteiger partial charge in [-0.1, -0.05) is 6.07 Å². The van der Waals surface area contributed by atoms with Crippen LogP contribution in [-0.4, -0.2) is 20.9 Å². The van der Waals surface area contributed by atoms with Crippen molar-refractivity contribution in [2.75, 3.05) is 0 Å². The largest absolute Gasteiger partial charge is 0.459 e. The molecule has 0 atom stereocenters. The minimum atomic E-state index is 0.424. The van der Waals surface area contributed by atoms with E-state index >= 15 is 0 Å². The molecule has 0 aliphatic heterocycles. The number of hydrogen-bond acceptors (Lipinski definition) is 5. The number of thiazole rings is 1. The highest BCUT2D eigenvalue weighted by molar-refractivity contribution is 7.13. The number of rotatable bonds is 6. The predicted molar refractivity (Wildman–Crippen MR) is 93.2 cm³/mol. The highest BCUT2D eigenvalue weighted by atomic mass is 32.1. The van der Waals surface area contributed by atoms with Crippen molar-refractivity contribution in [3.8, 4) is 10.8 Å². The molecular weight excluding hydrogens is 306 g/mol. The van der Waals surface area contributed by atoms with E-state index in [1.807, 2.05) is 37.4 Å². The van der Waals surface area contributed by atoms with Crippen LogP contribution in [0.5, 0.6) is 0 Å². The van der Waals surface area contributed by atoms with Crippen LogP contribution in [0.3, 0.4) is 0 Å². The molecule has 0 aliphatic carbocycles. The minimum Gasteiger partial charge on any atom is -0.459 e. The molecule has 5 heteroatoms. The van der Waals surface area contributed by atoms with E-state index in [0.29, 0.717) is 6.04 Å². The van der Waals surface area contributed by atoms with Crippen molar-refractivity contribution in [3.63, 3.8) is 0 Å². The molecule has 0 aliphatic rings. The lowest BCUT2D eigenvalue weighted by atomic mass is 10.2. The quantitative estimate of drug-likeness (QED) is 0.667. The SMILES string of the molecule is Cc1ccc(-c2nc(CN(Cc3ccccn3)C(C)C)cs2)o1. The average Bonchev–Trinajstić information content (AvgIpc) is 3.16. The van der Waals surface area contributed by atoms with Gasteiger partial charge in [0, 0.05) is 30.7 Å². The van der Waals surface area contributed by atoms with Gasteiger partial charge in [0.15, 0.2) is 10.8 Å². The van der Waals surface area contributed by atoms with Crippen LogP contribution in [0.25, 0.3) is 10.8 Å². The third-order valence-corrected chi connectivity index (χ3v) is 4.60. The van der Waals surface area contributed by atoms with Crippen LogP contribution in [0.2, 0.25) is 0 Å². The van der Waals surface area contributed by atoms with E-state index in [1.54, 1.807) is 11.3 Å². The molecular formula is C18H21N3OS. The van der Waals surface area contributed by atoms with Gasteiger partial charge < -0.3 is 4.42 Å². The van der Waals surface area contributed by atoms with Gasteiger partial charge in [-0.3, -0.25) is 9.88 Å². The third kappa shape index (κ3) is 4.06. The van der Waals surface area contributed by atoms with Crippen molar-refractivity contribution in [1.82, 2.24) is 14.9 Å². The maximum Gasteiger partial charge on any atom is 0.162 e. The first-order valence-corrected chi connectivity index (χ1v) is 8.65. The molecule has 0 fully saturated rings. The predicted octanol–water partition coefficient (Wildman–Crippen LogP) is 4.52. The summed E-state index contributed by atoms with van der Waals surface area (Å²) in [7, 11) is 0. The molecule has 0 N–H and O–H groups in total. The molecule has 0 unspecified atom stereocenters. The second-order valence-corrected chi connectivity index (χ2v) is 6.73. The van der Waals surface area contributed by atoms with Crippen LogP contribution in [0.4, 0.5) is 0 Å². The van der Waals surface area contributed by atoms with Crippen molar-refractivity contribution >= 4 is 11.3 Å². The lowest BCUT2D eigenvalue weighted by molar-refractivity contribution is 0.199. The number of pyridine rings is 1. The summed E-state index contributed by atoms with van der Waals surface area (Å²) in [5, 5.41) is 3.05. The zero-order valence-electron chi connectivity index (χ0n) is 13.7. The Bertz CT molecular complexity index is 748. The molecule has 0 spiro atoms. The number of aromatic nitrogens is 2. The summed E-state index contributed by atoms with van der Waals surface area (Å²) in [4.78, 5) is 11.5. The summed E-state index contributed by atoms with van der Waals surface area (Å²) in [6.45, 7) is 7.99. The van der Waals surface area contributed by atoms with E-state index in [2.05, 4.69) is 35.2 Å². The topological polar surface area (TPSA) is 42.2 Å². The number of nitrogens with zero attached hydrogens (tertiary/aromatic N) is 3. The van der Waals surface area contributed by atoms with Crippen LogP contribution in [0, 0.1) is 6.92 Å². The lowest BCUT2D eigenvalue weighted by Crippen LogP contribution is -2.30. The van der Waals surface area contributed by atoms with Gasteiger partial charge in [-0.25, -0.2) is 4.98 Å². The van der Waals surface area contributed by atoms with Gasteiger partial charge in [0.25, 0.3) is 0 Å². The van der Waals surface area contributed by atoms with Crippen LogP contribution < -0.4 is 0 Å². The molecule has 0 aromatic carbocycles. The highest BCUT2D eigenvalue weighted by Gasteiger charge is 2.15. The Morgan fingerprint density at radius 1 is 1.13 bits per heavy atom. The smallest absolute Gasteiger partial charge is 0.162 e. The molecule has 3 rings (SSSR count). The fourth-order valence-corrected chi connectivity index (χ4v) is 3.14.